The molecular weight excluding hydrogens is 544 g/mol. The Morgan fingerprint density at radius 2 is 1.31 bits per heavy atom. The van der Waals surface area contributed by atoms with Gasteiger partial charge in [0, 0.05) is 5.75 Å². The Morgan fingerprint density at radius 3 is 1.88 bits per heavy atom. The Hall–Kier alpha value is -4.62. The van der Waals surface area contributed by atoms with Crippen LogP contribution in [0.15, 0.2) is 133 Å². The van der Waals surface area contributed by atoms with Crippen LogP contribution in [0.1, 0.15) is 28.4 Å². The molecule has 2 atom stereocenters. The number of rotatable bonds is 9. The third kappa shape index (κ3) is 5.87. The van der Waals surface area contributed by atoms with Crippen molar-refractivity contribution in [3.63, 3.8) is 0 Å². The Balaban J connectivity index is 1.28. The van der Waals surface area contributed by atoms with Crippen molar-refractivity contribution in [3.05, 3.63) is 155 Å². The molecule has 0 aliphatic carbocycles. The van der Waals surface area contributed by atoms with Crippen molar-refractivity contribution >= 4 is 29.5 Å². The molecule has 0 spiro atoms. The van der Waals surface area contributed by atoms with Crippen molar-refractivity contribution in [1.29, 1.82) is 0 Å². The maximum Gasteiger partial charge on any atom is 0.356 e. The fourth-order valence-corrected chi connectivity index (χ4v) is 6.75. The minimum Gasteiger partial charge on any atom is -0.448 e. The van der Waals surface area contributed by atoms with Crippen LogP contribution in [0.5, 0.6) is 0 Å². The summed E-state index contributed by atoms with van der Waals surface area (Å²) in [5, 5.41) is 2.52. The van der Waals surface area contributed by atoms with Gasteiger partial charge in [-0.2, -0.15) is 0 Å². The van der Waals surface area contributed by atoms with Crippen LogP contribution in [0.3, 0.4) is 0 Å². The quantitative estimate of drug-likeness (QED) is 0.212. The van der Waals surface area contributed by atoms with Crippen LogP contribution in [0.2, 0.25) is 0 Å². The van der Waals surface area contributed by atoms with E-state index in [0.717, 1.165) is 27.8 Å². The van der Waals surface area contributed by atoms with Gasteiger partial charge in [-0.25, -0.2) is 4.79 Å². The number of amides is 2. The number of carbonyl (C=O) groups is 3. The molecule has 1 saturated heterocycles. The molecule has 1 N–H and O–H groups in total. The van der Waals surface area contributed by atoms with Crippen LogP contribution in [0.25, 0.3) is 0 Å². The molecule has 42 heavy (non-hydrogen) atoms. The number of thioether (sulfide) groups is 1. The smallest absolute Gasteiger partial charge is 0.356 e. The third-order valence-corrected chi connectivity index (χ3v) is 8.79. The minimum absolute atomic E-state index is 0.182. The van der Waals surface area contributed by atoms with E-state index >= 15 is 0 Å². The normalized spacial score (nSPS) is 17.8. The summed E-state index contributed by atoms with van der Waals surface area (Å²) in [6.45, 7) is 0. The van der Waals surface area contributed by atoms with E-state index < -0.39 is 18.1 Å². The van der Waals surface area contributed by atoms with Gasteiger partial charge < -0.3 is 10.1 Å². The van der Waals surface area contributed by atoms with Gasteiger partial charge in [0.25, 0.3) is 5.91 Å². The third-order valence-electron chi connectivity index (χ3n) is 7.45. The Bertz CT molecular complexity index is 1550. The van der Waals surface area contributed by atoms with Gasteiger partial charge >= 0.3 is 5.97 Å². The van der Waals surface area contributed by atoms with Crippen molar-refractivity contribution in [3.8, 4) is 0 Å². The number of nitrogens with one attached hydrogen (secondary N) is 1. The van der Waals surface area contributed by atoms with Crippen LogP contribution >= 0.6 is 11.8 Å². The standard InChI is InChI=1S/C35H30N2O4S/c38-29(22-25-15-7-2-8-16-25)36-30-33(39)37-31(28(23-42-34(30)37)21-24-13-5-1-6-14-24)35(40)41-32(26-17-9-3-10-18-26)27-19-11-4-12-20-27/h1-20,30,32,34H,21-23H2,(H,36,38)/t30-,34-/m1/s1. The monoisotopic (exact) mass is 574 g/mol. The zero-order chi connectivity index (χ0) is 28.9. The molecule has 2 aliphatic rings. The summed E-state index contributed by atoms with van der Waals surface area (Å²) in [7, 11) is 0. The molecule has 0 bridgehead atoms. The summed E-state index contributed by atoms with van der Waals surface area (Å²) in [4.78, 5) is 42.0. The molecule has 4 aromatic carbocycles. The first-order valence-corrected chi connectivity index (χ1v) is 15.0. The predicted octanol–water partition coefficient (Wildman–Crippen LogP) is 5.46. The average Bonchev–Trinajstić information content (AvgIpc) is 3.04. The highest BCUT2D eigenvalue weighted by Crippen LogP contribution is 2.42. The van der Waals surface area contributed by atoms with Gasteiger partial charge in [0.15, 0.2) is 6.10 Å². The summed E-state index contributed by atoms with van der Waals surface area (Å²) >= 11 is 1.56. The number of β-lactam (4-membered cyclic amide) rings is 1. The zero-order valence-electron chi connectivity index (χ0n) is 22.9. The molecule has 0 radical (unpaired) electrons. The van der Waals surface area contributed by atoms with Crippen LogP contribution in [0, 0.1) is 0 Å². The molecular formula is C35H30N2O4S. The lowest BCUT2D eigenvalue weighted by Gasteiger charge is -2.50. The Labute approximate surface area is 249 Å². The first kappa shape index (κ1) is 27.5. The van der Waals surface area contributed by atoms with Crippen molar-refractivity contribution in [2.24, 2.45) is 0 Å². The Morgan fingerprint density at radius 1 is 0.786 bits per heavy atom. The number of hydrogen-bond donors (Lipinski definition) is 1. The Kier molecular flexibility index (Phi) is 8.19. The van der Waals surface area contributed by atoms with Gasteiger partial charge in [0.1, 0.15) is 17.1 Å². The van der Waals surface area contributed by atoms with Crippen molar-refractivity contribution in [2.75, 3.05) is 5.75 Å². The second-order valence-corrected chi connectivity index (χ2v) is 11.4. The molecule has 0 aromatic heterocycles. The lowest BCUT2D eigenvalue weighted by atomic mass is 9.98. The highest BCUT2D eigenvalue weighted by molar-refractivity contribution is 8.00. The molecule has 2 amide bonds. The fraction of sp³-hybridized carbons (Fsp3) is 0.171. The maximum atomic E-state index is 14.1. The first-order chi connectivity index (χ1) is 20.6. The number of carbonyl (C=O) groups excluding carboxylic acids is 3. The highest BCUT2D eigenvalue weighted by atomic mass is 32.2. The molecule has 210 valence electrons. The maximum absolute atomic E-state index is 14.1. The first-order valence-electron chi connectivity index (χ1n) is 13.9. The molecule has 1 fully saturated rings. The number of hydrogen-bond acceptors (Lipinski definition) is 5. The van der Waals surface area contributed by atoms with E-state index in [2.05, 4.69) is 5.32 Å². The lowest BCUT2D eigenvalue weighted by molar-refractivity contribution is -0.154. The van der Waals surface area contributed by atoms with Gasteiger partial charge in [0.05, 0.1) is 6.42 Å². The molecule has 6 rings (SSSR count). The van der Waals surface area contributed by atoms with Gasteiger partial charge in [-0.3, -0.25) is 14.5 Å². The molecule has 6 nitrogen and oxygen atoms in total. The van der Waals surface area contributed by atoms with Gasteiger partial charge in [-0.15, -0.1) is 11.8 Å². The van der Waals surface area contributed by atoms with E-state index in [9.17, 15) is 14.4 Å². The van der Waals surface area contributed by atoms with E-state index in [4.69, 9.17) is 4.74 Å². The summed E-state index contributed by atoms with van der Waals surface area (Å²) in [5.74, 6) is -0.537. The van der Waals surface area contributed by atoms with Crippen LogP contribution in [0.4, 0.5) is 0 Å². The molecule has 4 aromatic rings. The minimum atomic E-state index is -0.702. The van der Waals surface area contributed by atoms with E-state index in [-0.39, 0.29) is 29.3 Å². The van der Waals surface area contributed by atoms with Gasteiger partial charge in [-0.05, 0) is 34.2 Å². The number of esters is 1. The predicted molar refractivity (Wildman–Crippen MR) is 163 cm³/mol. The van der Waals surface area contributed by atoms with Crippen molar-refractivity contribution in [1.82, 2.24) is 10.2 Å². The lowest BCUT2D eigenvalue weighted by Crippen LogP contribution is -2.70. The number of fused-ring (bicyclic) bond motifs is 1. The molecule has 0 unspecified atom stereocenters. The van der Waals surface area contributed by atoms with Crippen LogP contribution in [-0.2, 0) is 32.0 Å². The van der Waals surface area contributed by atoms with E-state index in [0.29, 0.717) is 12.2 Å². The highest BCUT2D eigenvalue weighted by Gasteiger charge is 2.54. The number of benzene rings is 4. The molecule has 0 saturated carbocycles. The average molecular weight is 575 g/mol. The topological polar surface area (TPSA) is 75.7 Å². The van der Waals surface area contributed by atoms with Crippen molar-refractivity contribution in [2.45, 2.75) is 30.4 Å². The molecule has 7 heteroatoms. The summed E-state index contributed by atoms with van der Waals surface area (Å²) in [6, 6.07) is 37.8. The largest absolute Gasteiger partial charge is 0.448 e. The second-order valence-electron chi connectivity index (χ2n) is 10.3. The van der Waals surface area contributed by atoms with Gasteiger partial charge in [0.2, 0.25) is 5.91 Å². The number of ether oxygens (including phenoxy) is 1. The van der Waals surface area contributed by atoms with Crippen molar-refractivity contribution < 1.29 is 19.1 Å². The van der Waals surface area contributed by atoms with E-state index in [1.165, 1.54) is 4.90 Å². The SMILES string of the molecule is O=C(Cc1ccccc1)N[C@@H]1C(=O)N2C(C(=O)OC(c3ccccc3)c3ccccc3)=C(Cc3ccccc3)CS[C@H]12. The van der Waals surface area contributed by atoms with Crippen LogP contribution in [-0.4, -0.2) is 39.9 Å². The fourth-order valence-electron chi connectivity index (χ4n) is 5.40. The number of nitrogens with zero attached hydrogens (tertiary/aromatic N) is 1. The summed E-state index contributed by atoms with van der Waals surface area (Å²) < 4.78 is 6.24. The summed E-state index contributed by atoms with van der Waals surface area (Å²) in [6.07, 6.45) is 0.0550. The second kappa shape index (κ2) is 12.5. The summed E-state index contributed by atoms with van der Waals surface area (Å²) in [5.41, 5.74) is 4.69. The molecule has 2 aliphatic heterocycles. The zero-order valence-corrected chi connectivity index (χ0v) is 23.7. The van der Waals surface area contributed by atoms with Crippen LogP contribution < -0.4 is 5.32 Å². The molecule has 2 heterocycles. The van der Waals surface area contributed by atoms with Gasteiger partial charge in [-0.1, -0.05) is 121 Å². The van der Waals surface area contributed by atoms with E-state index in [1.807, 2.05) is 121 Å². The van der Waals surface area contributed by atoms with E-state index in [1.54, 1.807) is 11.8 Å².